The highest BCUT2D eigenvalue weighted by Gasteiger charge is 2.24. The minimum absolute atomic E-state index is 0.0376. The minimum Gasteiger partial charge on any atom is -0.352 e. The Hall–Kier alpha value is -0.610. The van der Waals surface area contributed by atoms with Crippen molar-refractivity contribution in [1.29, 1.82) is 0 Å². The third kappa shape index (κ3) is 3.96. The summed E-state index contributed by atoms with van der Waals surface area (Å²) in [6.07, 6.45) is 6.11. The van der Waals surface area contributed by atoms with Crippen molar-refractivity contribution in [3.05, 3.63) is 0 Å². The van der Waals surface area contributed by atoms with Crippen LogP contribution in [0.15, 0.2) is 0 Å². The number of carbonyl (C=O) groups is 1. The quantitative estimate of drug-likeness (QED) is 0.620. The summed E-state index contributed by atoms with van der Waals surface area (Å²) in [4.78, 5) is 12.0. The van der Waals surface area contributed by atoms with Gasteiger partial charge in [-0.25, -0.2) is 0 Å². The molecule has 2 aliphatic rings. The van der Waals surface area contributed by atoms with Gasteiger partial charge in [0.15, 0.2) is 0 Å². The van der Waals surface area contributed by atoms with Crippen molar-refractivity contribution in [2.75, 3.05) is 19.6 Å². The molecule has 1 saturated heterocycles. The van der Waals surface area contributed by atoms with Crippen LogP contribution in [-0.2, 0) is 4.79 Å². The van der Waals surface area contributed by atoms with E-state index in [1.54, 1.807) is 0 Å². The zero-order chi connectivity index (χ0) is 12.1. The van der Waals surface area contributed by atoms with Crippen LogP contribution in [0.5, 0.6) is 0 Å². The van der Waals surface area contributed by atoms with Gasteiger partial charge in [-0.05, 0) is 25.2 Å². The smallest absolute Gasteiger partial charge is 0.238 e. The van der Waals surface area contributed by atoms with Crippen LogP contribution in [0.2, 0.25) is 0 Å². The molecule has 3 N–H and O–H groups in total. The van der Waals surface area contributed by atoms with Gasteiger partial charge in [-0.15, -0.1) is 0 Å². The summed E-state index contributed by atoms with van der Waals surface area (Å²) in [6.45, 7) is 4.93. The Labute approximate surface area is 104 Å². The molecular weight excluding hydrogens is 214 g/mol. The lowest BCUT2D eigenvalue weighted by Gasteiger charge is -2.26. The normalized spacial score (nSPS) is 35.0. The summed E-state index contributed by atoms with van der Waals surface area (Å²) >= 11 is 0. The van der Waals surface area contributed by atoms with E-state index in [1.165, 1.54) is 19.3 Å². The van der Waals surface area contributed by atoms with Crippen LogP contribution in [0, 0.1) is 5.92 Å². The van der Waals surface area contributed by atoms with E-state index >= 15 is 0 Å². The average Bonchev–Trinajstić information content (AvgIpc) is 2.56. The summed E-state index contributed by atoms with van der Waals surface area (Å²) in [5.41, 5.74) is 0. The highest BCUT2D eigenvalue weighted by Crippen LogP contribution is 2.22. The van der Waals surface area contributed by atoms with Gasteiger partial charge in [0.05, 0.1) is 6.04 Å². The SMILES string of the molecule is CC1CCCC(NC(=O)C2CNCCN2)CC1. The molecular formula is C13H25N3O. The van der Waals surface area contributed by atoms with Crippen molar-refractivity contribution in [2.24, 2.45) is 5.92 Å². The van der Waals surface area contributed by atoms with Gasteiger partial charge in [0.25, 0.3) is 0 Å². The van der Waals surface area contributed by atoms with Crippen LogP contribution in [0.4, 0.5) is 0 Å². The molecule has 0 aromatic rings. The summed E-state index contributed by atoms with van der Waals surface area (Å²) < 4.78 is 0. The van der Waals surface area contributed by atoms with E-state index < -0.39 is 0 Å². The van der Waals surface area contributed by atoms with Gasteiger partial charge in [-0.3, -0.25) is 4.79 Å². The van der Waals surface area contributed by atoms with Gasteiger partial charge in [-0.1, -0.05) is 19.8 Å². The van der Waals surface area contributed by atoms with E-state index in [2.05, 4.69) is 22.9 Å². The topological polar surface area (TPSA) is 53.2 Å². The van der Waals surface area contributed by atoms with Crippen LogP contribution in [-0.4, -0.2) is 37.6 Å². The molecule has 4 heteroatoms. The molecule has 1 aliphatic heterocycles. The van der Waals surface area contributed by atoms with Gasteiger partial charge >= 0.3 is 0 Å². The molecule has 1 aliphatic carbocycles. The van der Waals surface area contributed by atoms with E-state index in [9.17, 15) is 4.79 Å². The maximum atomic E-state index is 12.0. The van der Waals surface area contributed by atoms with E-state index in [4.69, 9.17) is 0 Å². The van der Waals surface area contributed by atoms with E-state index in [0.717, 1.165) is 38.4 Å². The fourth-order valence-electron chi connectivity index (χ4n) is 2.77. The van der Waals surface area contributed by atoms with Crippen molar-refractivity contribution in [3.8, 4) is 0 Å². The average molecular weight is 239 g/mol. The molecule has 1 amide bonds. The standard InChI is InChI=1S/C13H25N3O/c1-10-3-2-4-11(6-5-10)16-13(17)12-9-14-7-8-15-12/h10-12,14-15H,2-9H2,1H3,(H,16,17). The molecule has 98 valence electrons. The van der Waals surface area contributed by atoms with Crippen molar-refractivity contribution in [2.45, 2.75) is 51.1 Å². The summed E-state index contributed by atoms with van der Waals surface area (Å²) in [6, 6.07) is 0.362. The van der Waals surface area contributed by atoms with Gasteiger partial charge in [0, 0.05) is 25.7 Å². The molecule has 0 aromatic heterocycles. The van der Waals surface area contributed by atoms with E-state index in [-0.39, 0.29) is 11.9 Å². The molecule has 1 saturated carbocycles. The molecule has 17 heavy (non-hydrogen) atoms. The lowest BCUT2D eigenvalue weighted by Crippen LogP contribution is -2.57. The fourth-order valence-corrected chi connectivity index (χ4v) is 2.77. The van der Waals surface area contributed by atoms with E-state index in [1.807, 2.05) is 0 Å². The van der Waals surface area contributed by atoms with Crippen LogP contribution in [0.3, 0.4) is 0 Å². The first kappa shape index (κ1) is 12.8. The Morgan fingerprint density at radius 3 is 2.82 bits per heavy atom. The van der Waals surface area contributed by atoms with Crippen molar-refractivity contribution >= 4 is 5.91 Å². The first-order valence-electron chi connectivity index (χ1n) is 7.00. The number of hydrogen-bond acceptors (Lipinski definition) is 3. The Morgan fingerprint density at radius 2 is 2.06 bits per heavy atom. The van der Waals surface area contributed by atoms with Gasteiger partial charge in [0.1, 0.15) is 0 Å². The molecule has 1 heterocycles. The number of piperazine rings is 1. The maximum absolute atomic E-state index is 12.0. The molecule has 3 atom stereocenters. The van der Waals surface area contributed by atoms with Crippen LogP contribution < -0.4 is 16.0 Å². The second-order valence-corrected chi connectivity index (χ2v) is 5.53. The number of carbonyl (C=O) groups excluding carboxylic acids is 1. The molecule has 2 fully saturated rings. The number of hydrogen-bond donors (Lipinski definition) is 3. The number of rotatable bonds is 2. The monoisotopic (exact) mass is 239 g/mol. The van der Waals surface area contributed by atoms with E-state index in [0.29, 0.717) is 6.04 Å². The van der Waals surface area contributed by atoms with Crippen LogP contribution in [0.1, 0.15) is 39.0 Å². The van der Waals surface area contributed by atoms with Crippen molar-refractivity contribution in [1.82, 2.24) is 16.0 Å². The largest absolute Gasteiger partial charge is 0.352 e. The van der Waals surface area contributed by atoms with Gasteiger partial charge < -0.3 is 16.0 Å². The third-order valence-corrected chi connectivity index (χ3v) is 3.96. The second kappa shape index (κ2) is 6.36. The Kier molecular flexibility index (Phi) is 4.80. The first-order chi connectivity index (χ1) is 8.25. The maximum Gasteiger partial charge on any atom is 0.238 e. The first-order valence-corrected chi connectivity index (χ1v) is 7.00. The Balaban J connectivity index is 1.76. The van der Waals surface area contributed by atoms with Gasteiger partial charge in [0.2, 0.25) is 5.91 Å². The van der Waals surface area contributed by atoms with Crippen molar-refractivity contribution in [3.63, 3.8) is 0 Å². The number of nitrogens with one attached hydrogen (secondary N) is 3. The summed E-state index contributed by atoms with van der Waals surface area (Å²) in [5, 5.41) is 9.72. The van der Waals surface area contributed by atoms with Crippen LogP contribution in [0.25, 0.3) is 0 Å². The second-order valence-electron chi connectivity index (χ2n) is 5.53. The molecule has 3 unspecified atom stereocenters. The fraction of sp³-hybridized carbons (Fsp3) is 0.923. The molecule has 0 spiro atoms. The molecule has 0 aromatic carbocycles. The third-order valence-electron chi connectivity index (χ3n) is 3.96. The minimum atomic E-state index is -0.0376. The zero-order valence-electron chi connectivity index (χ0n) is 10.8. The number of amides is 1. The highest BCUT2D eigenvalue weighted by molar-refractivity contribution is 5.82. The Morgan fingerprint density at radius 1 is 1.18 bits per heavy atom. The molecule has 2 rings (SSSR count). The molecule has 0 bridgehead atoms. The molecule has 4 nitrogen and oxygen atoms in total. The predicted molar refractivity (Wildman–Crippen MR) is 68.8 cm³/mol. The Bertz CT molecular complexity index is 251. The highest BCUT2D eigenvalue weighted by atomic mass is 16.2. The summed E-state index contributed by atoms with van der Waals surface area (Å²) in [5.74, 6) is 1.00. The van der Waals surface area contributed by atoms with Gasteiger partial charge in [-0.2, -0.15) is 0 Å². The zero-order valence-corrected chi connectivity index (χ0v) is 10.8. The lowest BCUT2D eigenvalue weighted by molar-refractivity contribution is -0.124. The lowest BCUT2D eigenvalue weighted by atomic mass is 10.0. The predicted octanol–water partition coefficient (Wildman–Crippen LogP) is 0.633. The van der Waals surface area contributed by atoms with Crippen LogP contribution >= 0.6 is 0 Å². The molecule has 0 radical (unpaired) electrons. The van der Waals surface area contributed by atoms with Crippen molar-refractivity contribution < 1.29 is 4.79 Å². The summed E-state index contributed by atoms with van der Waals surface area (Å²) in [7, 11) is 0.